The Bertz CT molecular complexity index is 1180. The summed E-state index contributed by atoms with van der Waals surface area (Å²) in [6.07, 6.45) is 1.94. The van der Waals surface area contributed by atoms with Gasteiger partial charge in [0.05, 0.1) is 6.61 Å². The van der Waals surface area contributed by atoms with Crippen molar-refractivity contribution in [2.45, 2.75) is 19.8 Å². The maximum absolute atomic E-state index is 12.4. The molecule has 0 heterocycles. The average Bonchev–Trinajstić information content (AvgIpc) is 2.88. The third kappa shape index (κ3) is 7.94. The van der Waals surface area contributed by atoms with E-state index in [1.54, 1.807) is 72.8 Å². The molecule has 0 atom stereocenters. The van der Waals surface area contributed by atoms with Gasteiger partial charge in [-0.25, -0.2) is 0 Å². The number of nitrogens with one attached hydrogen (secondary N) is 4. The fraction of sp³-hybridized carbons (Fsp3) is 0.154. The van der Waals surface area contributed by atoms with Crippen LogP contribution < -0.4 is 26.2 Å². The van der Waals surface area contributed by atoms with Gasteiger partial charge in [-0.3, -0.25) is 30.6 Å². The minimum Gasteiger partial charge on any atom is -0.494 e. The molecule has 35 heavy (non-hydrogen) atoms. The van der Waals surface area contributed by atoms with Gasteiger partial charge in [-0.1, -0.05) is 37.6 Å². The summed E-state index contributed by atoms with van der Waals surface area (Å²) < 4.78 is 5.61. The lowest BCUT2D eigenvalue weighted by atomic mass is 10.1. The lowest BCUT2D eigenvalue weighted by Crippen LogP contribution is -2.48. The van der Waals surface area contributed by atoms with Crippen molar-refractivity contribution in [2.75, 3.05) is 11.9 Å². The van der Waals surface area contributed by atoms with E-state index in [1.165, 1.54) is 0 Å². The molecule has 8 nitrogen and oxygen atoms in total. The summed E-state index contributed by atoms with van der Waals surface area (Å²) in [4.78, 5) is 37.0. The maximum Gasteiger partial charge on any atom is 0.269 e. The Morgan fingerprint density at radius 2 is 1.46 bits per heavy atom. The zero-order valence-corrected chi connectivity index (χ0v) is 20.0. The number of rotatable bonds is 8. The summed E-state index contributed by atoms with van der Waals surface area (Å²) in [5.74, 6) is -0.546. The largest absolute Gasteiger partial charge is 0.494 e. The molecule has 0 aliphatic carbocycles. The number of thiocarbonyl (C=S) groups is 1. The minimum absolute atomic E-state index is 0.0626. The summed E-state index contributed by atoms with van der Waals surface area (Å²) in [7, 11) is 0. The highest BCUT2D eigenvalue weighted by Crippen LogP contribution is 2.14. The lowest BCUT2D eigenvalue weighted by Gasteiger charge is -2.12. The lowest BCUT2D eigenvalue weighted by molar-refractivity contribution is 0.0934. The molecule has 4 N–H and O–H groups in total. The number of hydrogen-bond donors (Lipinski definition) is 4. The van der Waals surface area contributed by atoms with Gasteiger partial charge in [-0.15, -0.1) is 0 Å². The van der Waals surface area contributed by atoms with Gasteiger partial charge in [0.25, 0.3) is 17.7 Å². The van der Waals surface area contributed by atoms with E-state index in [1.807, 2.05) is 6.07 Å². The fourth-order valence-electron chi connectivity index (χ4n) is 2.95. The Morgan fingerprint density at radius 1 is 0.771 bits per heavy atom. The van der Waals surface area contributed by atoms with Gasteiger partial charge in [-0.05, 0) is 73.2 Å². The molecule has 0 saturated carbocycles. The second-order valence-electron chi connectivity index (χ2n) is 7.49. The SMILES string of the molecule is CCCCOc1cccc(C(=O)NC(=S)NNC(=O)c2ccc(NC(=O)c3ccccc3)cc2)c1. The van der Waals surface area contributed by atoms with E-state index in [0.717, 1.165) is 12.8 Å². The van der Waals surface area contributed by atoms with Crippen LogP contribution in [0, 0.1) is 0 Å². The van der Waals surface area contributed by atoms with E-state index in [2.05, 4.69) is 28.4 Å². The van der Waals surface area contributed by atoms with Crippen LogP contribution in [0.4, 0.5) is 5.69 Å². The zero-order chi connectivity index (χ0) is 25.0. The van der Waals surface area contributed by atoms with Gasteiger partial charge in [0.15, 0.2) is 5.11 Å². The van der Waals surface area contributed by atoms with Gasteiger partial charge >= 0.3 is 0 Å². The Hall–Kier alpha value is -4.24. The van der Waals surface area contributed by atoms with Gasteiger partial charge in [0.1, 0.15) is 5.75 Å². The van der Waals surface area contributed by atoms with Crippen molar-refractivity contribution in [3.8, 4) is 5.75 Å². The summed E-state index contributed by atoms with van der Waals surface area (Å²) in [6.45, 7) is 2.65. The average molecular weight is 491 g/mol. The Labute approximate surface area is 209 Å². The molecule has 0 spiro atoms. The topological polar surface area (TPSA) is 109 Å². The van der Waals surface area contributed by atoms with Gasteiger partial charge in [-0.2, -0.15) is 0 Å². The number of hydrogen-bond acceptors (Lipinski definition) is 5. The predicted molar refractivity (Wildman–Crippen MR) is 138 cm³/mol. The number of carbonyl (C=O) groups excluding carboxylic acids is 3. The number of amides is 3. The first-order valence-corrected chi connectivity index (χ1v) is 11.5. The first-order valence-electron chi connectivity index (χ1n) is 11.1. The summed E-state index contributed by atoms with van der Waals surface area (Å²) in [5.41, 5.74) is 6.73. The number of anilines is 1. The van der Waals surface area contributed by atoms with E-state index in [-0.39, 0.29) is 11.0 Å². The summed E-state index contributed by atoms with van der Waals surface area (Å²) in [6, 6.07) is 21.9. The highest BCUT2D eigenvalue weighted by Gasteiger charge is 2.11. The number of carbonyl (C=O) groups is 3. The molecule has 0 unspecified atom stereocenters. The number of ether oxygens (including phenoxy) is 1. The van der Waals surface area contributed by atoms with E-state index in [4.69, 9.17) is 17.0 Å². The normalized spacial score (nSPS) is 10.1. The van der Waals surface area contributed by atoms with Crippen molar-refractivity contribution < 1.29 is 19.1 Å². The Kier molecular flexibility index (Phi) is 9.32. The zero-order valence-electron chi connectivity index (χ0n) is 19.2. The van der Waals surface area contributed by atoms with Crippen LogP contribution in [0.2, 0.25) is 0 Å². The summed E-state index contributed by atoms with van der Waals surface area (Å²) >= 11 is 5.10. The smallest absolute Gasteiger partial charge is 0.269 e. The molecular weight excluding hydrogens is 464 g/mol. The molecule has 3 aromatic carbocycles. The van der Waals surface area contributed by atoms with Crippen LogP contribution in [0.15, 0.2) is 78.9 Å². The molecule has 0 radical (unpaired) electrons. The molecule has 3 amide bonds. The van der Waals surface area contributed by atoms with E-state index < -0.39 is 11.8 Å². The second kappa shape index (κ2) is 12.9. The highest BCUT2D eigenvalue weighted by molar-refractivity contribution is 7.80. The first kappa shape index (κ1) is 25.4. The van der Waals surface area contributed by atoms with Crippen LogP contribution in [0.1, 0.15) is 50.8 Å². The molecule has 0 aliphatic rings. The van der Waals surface area contributed by atoms with Gasteiger partial charge < -0.3 is 10.1 Å². The molecule has 3 aromatic rings. The maximum atomic E-state index is 12.4. The third-order valence-corrected chi connectivity index (χ3v) is 5.02. The molecule has 0 aliphatic heterocycles. The van der Waals surface area contributed by atoms with Crippen molar-refractivity contribution in [1.29, 1.82) is 0 Å². The van der Waals surface area contributed by atoms with Gasteiger partial charge in [0, 0.05) is 22.4 Å². The van der Waals surface area contributed by atoms with E-state index in [9.17, 15) is 14.4 Å². The van der Waals surface area contributed by atoms with E-state index in [0.29, 0.717) is 34.7 Å². The summed E-state index contributed by atoms with van der Waals surface area (Å²) in [5, 5.41) is 5.21. The first-order chi connectivity index (χ1) is 17.0. The quantitative estimate of drug-likeness (QED) is 0.215. The second-order valence-corrected chi connectivity index (χ2v) is 7.90. The van der Waals surface area contributed by atoms with Crippen molar-refractivity contribution in [3.05, 3.63) is 95.6 Å². The van der Waals surface area contributed by atoms with Crippen molar-refractivity contribution in [3.63, 3.8) is 0 Å². The molecule has 0 fully saturated rings. The molecule has 0 bridgehead atoms. The molecular formula is C26H26N4O4S. The molecule has 9 heteroatoms. The van der Waals surface area contributed by atoms with Crippen LogP contribution in [0.5, 0.6) is 5.75 Å². The monoisotopic (exact) mass is 490 g/mol. The molecule has 3 rings (SSSR count). The Morgan fingerprint density at radius 3 is 2.17 bits per heavy atom. The highest BCUT2D eigenvalue weighted by atomic mass is 32.1. The van der Waals surface area contributed by atoms with Crippen molar-refractivity contribution >= 4 is 40.7 Å². The van der Waals surface area contributed by atoms with Crippen LogP contribution in [-0.4, -0.2) is 29.4 Å². The van der Waals surface area contributed by atoms with Crippen LogP contribution in [-0.2, 0) is 0 Å². The van der Waals surface area contributed by atoms with E-state index >= 15 is 0 Å². The predicted octanol–water partition coefficient (Wildman–Crippen LogP) is 4.07. The minimum atomic E-state index is -0.464. The van der Waals surface area contributed by atoms with Crippen LogP contribution in [0.3, 0.4) is 0 Å². The number of benzene rings is 3. The number of hydrazine groups is 1. The van der Waals surface area contributed by atoms with Crippen LogP contribution in [0.25, 0.3) is 0 Å². The molecule has 180 valence electrons. The van der Waals surface area contributed by atoms with Crippen LogP contribution >= 0.6 is 12.2 Å². The van der Waals surface area contributed by atoms with Gasteiger partial charge in [0.2, 0.25) is 0 Å². The molecule has 0 aromatic heterocycles. The standard InChI is InChI=1S/C26H26N4O4S/c1-2-3-16-34-22-11-7-10-20(17-22)24(32)28-26(35)30-29-25(33)19-12-14-21(15-13-19)27-23(31)18-8-5-4-6-9-18/h4-15,17H,2-3,16H2,1H3,(H,27,31)(H,29,33)(H2,28,30,32,35). The fourth-order valence-corrected chi connectivity index (χ4v) is 3.10. The van der Waals surface area contributed by atoms with Crippen molar-refractivity contribution in [1.82, 2.24) is 16.2 Å². The number of unbranched alkanes of at least 4 members (excludes halogenated alkanes) is 1. The Balaban J connectivity index is 1.46. The van der Waals surface area contributed by atoms with Crippen molar-refractivity contribution in [2.24, 2.45) is 0 Å². The molecule has 0 saturated heterocycles. The third-order valence-electron chi connectivity index (χ3n) is 4.82.